The van der Waals surface area contributed by atoms with Crippen LogP contribution >= 0.6 is 0 Å². The molecular formula is C29H39N5O2. The minimum absolute atomic E-state index is 0.127. The maximum Gasteiger partial charge on any atom is 0.325 e. The summed E-state index contributed by atoms with van der Waals surface area (Å²) in [5, 5.41) is 0. The van der Waals surface area contributed by atoms with E-state index >= 15 is 0 Å². The van der Waals surface area contributed by atoms with Crippen molar-refractivity contribution in [2.75, 3.05) is 51.3 Å². The Morgan fingerprint density at radius 2 is 1.78 bits per heavy atom. The number of carbonyl (C=O) groups excluding carboxylic acids is 1. The molecule has 3 saturated heterocycles. The third-order valence-corrected chi connectivity index (χ3v) is 8.99. The number of urea groups is 1. The molecule has 2 amide bonds. The van der Waals surface area contributed by atoms with Crippen LogP contribution in [0.25, 0.3) is 0 Å². The Bertz CT molecular complexity index is 1060. The van der Waals surface area contributed by atoms with Crippen molar-refractivity contribution in [3.8, 4) is 5.75 Å². The van der Waals surface area contributed by atoms with Crippen LogP contribution in [0.4, 0.5) is 10.5 Å². The van der Waals surface area contributed by atoms with Gasteiger partial charge in [-0.15, -0.1) is 0 Å². The van der Waals surface area contributed by atoms with E-state index < -0.39 is 0 Å². The largest absolute Gasteiger partial charge is 0.497 e. The van der Waals surface area contributed by atoms with E-state index in [1.165, 1.54) is 31.4 Å². The second kappa shape index (κ2) is 10.0. The van der Waals surface area contributed by atoms with Gasteiger partial charge in [-0.2, -0.15) is 0 Å². The minimum atomic E-state index is -0.131. The van der Waals surface area contributed by atoms with Gasteiger partial charge in [0, 0.05) is 50.9 Å². The molecule has 192 valence electrons. The summed E-state index contributed by atoms with van der Waals surface area (Å²) >= 11 is 0. The van der Waals surface area contributed by atoms with Gasteiger partial charge in [0.15, 0.2) is 0 Å². The molecule has 6 rings (SSSR count). The zero-order valence-corrected chi connectivity index (χ0v) is 21.4. The van der Waals surface area contributed by atoms with E-state index in [4.69, 9.17) is 4.74 Å². The molecule has 4 aliphatic rings. The molecule has 0 radical (unpaired) electrons. The lowest BCUT2D eigenvalue weighted by molar-refractivity contribution is 0.0575. The van der Waals surface area contributed by atoms with Crippen molar-refractivity contribution in [2.24, 2.45) is 5.92 Å². The monoisotopic (exact) mass is 489 g/mol. The number of hydrogen-bond acceptors (Lipinski definition) is 5. The fourth-order valence-corrected chi connectivity index (χ4v) is 6.43. The van der Waals surface area contributed by atoms with Crippen molar-refractivity contribution in [3.05, 3.63) is 59.7 Å². The standard InChI is InChI=1S/C29H39N5O2/c1-36-27-7-3-6-23(16-27)20-34-28(35)33(26-10-8-24(9-11-26)25-17-30-31-18-25)21-29(34)12-14-32(15-13-29)19-22-4-2-5-22/h3,6-11,16,22,25,30-31H,2,4-5,12-15,17-21H2,1H3. The summed E-state index contributed by atoms with van der Waals surface area (Å²) in [5.74, 6) is 2.20. The van der Waals surface area contributed by atoms with Gasteiger partial charge in [-0.05, 0) is 67.0 Å². The maximum absolute atomic E-state index is 14.0. The number of likely N-dealkylation sites (tertiary alicyclic amines) is 1. The predicted molar refractivity (Wildman–Crippen MR) is 142 cm³/mol. The average molecular weight is 490 g/mol. The summed E-state index contributed by atoms with van der Waals surface area (Å²) < 4.78 is 5.46. The molecule has 2 aromatic rings. The van der Waals surface area contributed by atoms with E-state index in [9.17, 15) is 4.79 Å². The van der Waals surface area contributed by atoms with E-state index in [-0.39, 0.29) is 11.6 Å². The lowest BCUT2D eigenvalue weighted by Gasteiger charge is -2.45. The molecule has 36 heavy (non-hydrogen) atoms. The number of anilines is 1. The zero-order valence-electron chi connectivity index (χ0n) is 21.4. The van der Waals surface area contributed by atoms with Crippen LogP contribution in [0, 0.1) is 5.92 Å². The lowest BCUT2D eigenvalue weighted by atomic mass is 9.82. The summed E-state index contributed by atoms with van der Waals surface area (Å²) in [4.78, 5) is 20.8. The molecule has 0 atom stereocenters. The minimum Gasteiger partial charge on any atom is -0.497 e. The van der Waals surface area contributed by atoms with Crippen LogP contribution in [-0.4, -0.2) is 67.7 Å². The van der Waals surface area contributed by atoms with Gasteiger partial charge in [-0.25, -0.2) is 4.79 Å². The van der Waals surface area contributed by atoms with Crippen molar-refractivity contribution < 1.29 is 9.53 Å². The van der Waals surface area contributed by atoms with E-state index in [1.807, 2.05) is 17.0 Å². The van der Waals surface area contributed by atoms with Gasteiger partial charge < -0.3 is 14.5 Å². The van der Waals surface area contributed by atoms with Crippen LogP contribution in [0.1, 0.15) is 49.1 Å². The second-order valence-corrected chi connectivity index (χ2v) is 11.2. The first-order chi connectivity index (χ1) is 17.6. The van der Waals surface area contributed by atoms with Crippen molar-refractivity contribution in [3.63, 3.8) is 0 Å². The third-order valence-electron chi connectivity index (χ3n) is 8.99. The number of benzene rings is 2. The van der Waals surface area contributed by atoms with Gasteiger partial charge in [0.2, 0.25) is 0 Å². The molecular weight excluding hydrogens is 450 g/mol. The first-order valence-corrected chi connectivity index (χ1v) is 13.6. The van der Waals surface area contributed by atoms with Gasteiger partial charge in [0.1, 0.15) is 5.75 Å². The first-order valence-electron chi connectivity index (χ1n) is 13.6. The maximum atomic E-state index is 14.0. The number of nitrogens with one attached hydrogen (secondary N) is 2. The van der Waals surface area contributed by atoms with Gasteiger partial charge in [-0.3, -0.25) is 15.8 Å². The van der Waals surface area contributed by atoms with Crippen LogP contribution < -0.4 is 20.5 Å². The number of hydrogen-bond donors (Lipinski definition) is 2. The highest BCUT2D eigenvalue weighted by Gasteiger charge is 2.51. The Kier molecular flexibility index (Phi) is 6.63. The van der Waals surface area contributed by atoms with E-state index in [0.29, 0.717) is 12.5 Å². The fraction of sp³-hybridized carbons (Fsp3) is 0.552. The third kappa shape index (κ3) is 4.60. The number of methoxy groups -OCH3 is 1. The Labute approximate surface area is 214 Å². The smallest absolute Gasteiger partial charge is 0.325 e. The van der Waals surface area contributed by atoms with Crippen LogP contribution in [0.15, 0.2) is 48.5 Å². The summed E-state index contributed by atoms with van der Waals surface area (Å²) in [7, 11) is 1.70. The summed E-state index contributed by atoms with van der Waals surface area (Å²) in [6, 6.07) is 17.0. The molecule has 7 nitrogen and oxygen atoms in total. The van der Waals surface area contributed by atoms with Gasteiger partial charge >= 0.3 is 6.03 Å². The van der Waals surface area contributed by atoms with Crippen molar-refractivity contribution in [1.29, 1.82) is 0 Å². The Morgan fingerprint density at radius 3 is 2.44 bits per heavy atom. The molecule has 1 spiro atoms. The van der Waals surface area contributed by atoms with E-state index in [1.54, 1.807) is 7.11 Å². The highest BCUT2D eigenvalue weighted by atomic mass is 16.5. The van der Waals surface area contributed by atoms with Crippen LogP contribution in [0.5, 0.6) is 5.75 Å². The lowest BCUT2D eigenvalue weighted by Crippen LogP contribution is -2.54. The molecule has 3 aliphatic heterocycles. The first kappa shape index (κ1) is 23.8. The van der Waals surface area contributed by atoms with Gasteiger partial charge in [0.25, 0.3) is 0 Å². The van der Waals surface area contributed by atoms with Crippen molar-refractivity contribution in [1.82, 2.24) is 20.7 Å². The summed E-state index contributed by atoms with van der Waals surface area (Å²) in [6.45, 7) is 6.65. The number of carbonyl (C=O) groups is 1. The van der Waals surface area contributed by atoms with Crippen LogP contribution in [0.3, 0.4) is 0 Å². The highest BCUT2D eigenvalue weighted by Crippen LogP contribution is 2.40. The molecule has 7 heteroatoms. The molecule has 1 saturated carbocycles. The Morgan fingerprint density at radius 1 is 1.03 bits per heavy atom. The number of piperidine rings is 1. The van der Waals surface area contributed by atoms with Crippen LogP contribution in [0.2, 0.25) is 0 Å². The van der Waals surface area contributed by atoms with Crippen molar-refractivity contribution >= 4 is 11.7 Å². The Hall–Kier alpha value is -2.61. The van der Waals surface area contributed by atoms with Crippen molar-refractivity contribution in [2.45, 2.75) is 50.1 Å². The molecule has 0 aromatic heterocycles. The van der Waals surface area contributed by atoms with Crippen LogP contribution in [-0.2, 0) is 6.54 Å². The molecule has 0 bridgehead atoms. The van der Waals surface area contributed by atoms with Gasteiger partial charge in [-0.1, -0.05) is 30.7 Å². The molecule has 4 fully saturated rings. The zero-order chi connectivity index (χ0) is 24.5. The molecule has 3 heterocycles. The predicted octanol–water partition coefficient (Wildman–Crippen LogP) is 3.96. The number of nitrogens with zero attached hydrogens (tertiary/aromatic N) is 3. The average Bonchev–Trinajstić information content (AvgIpc) is 3.52. The van der Waals surface area contributed by atoms with E-state index in [0.717, 1.165) is 68.5 Å². The SMILES string of the molecule is COc1cccc(CN2C(=O)N(c3ccc(C4CNNC4)cc3)CC23CCN(CC2CCC2)CC3)c1. The fourth-order valence-electron chi connectivity index (χ4n) is 6.43. The number of amides is 2. The topological polar surface area (TPSA) is 60.1 Å². The van der Waals surface area contributed by atoms with Gasteiger partial charge in [0.05, 0.1) is 19.2 Å². The number of hydrazine groups is 1. The number of ether oxygens (including phenoxy) is 1. The highest BCUT2D eigenvalue weighted by molar-refractivity contribution is 5.95. The second-order valence-electron chi connectivity index (χ2n) is 11.2. The van der Waals surface area contributed by atoms with E-state index in [2.05, 4.69) is 57.0 Å². The normalized spacial score (nSPS) is 23.0. The number of rotatable bonds is 7. The Balaban J connectivity index is 1.23. The molecule has 0 unspecified atom stereocenters. The quantitative estimate of drug-likeness (QED) is 0.617. The summed E-state index contributed by atoms with van der Waals surface area (Å²) in [6.07, 6.45) is 6.23. The molecule has 1 aliphatic carbocycles. The molecule has 2 N–H and O–H groups in total. The summed E-state index contributed by atoms with van der Waals surface area (Å²) in [5.41, 5.74) is 9.74. The molecule has 2 aromatic carbocycles.